The van der Waals surface area contributed by atoms with Gasteiger partial charge in [0.1, 0.15) is 17.3 Å². The highest BCUT2D eigenvalue weighted by Crippen LogP contribution is 2.24. The van der Waals surface area contributed by atoms with Crippen LogP contribution in [0, 0.1) is 13.8 Å². The maximum Gasteiger partial charge on any atom is 0.264 e. The number of aryl methyl sites for hydroxylation is 2. The second kappa shape index (κ2) is 8.18. The molecule has 29 heavy (non-hydrogen) atoms. The summed E-state index contributed by atoms with van der Waals surface area (Å²) in [5.74, 6) is 3.72. The third-order valence-corrected chi connectivity index (χ3v) is 4.42. The quantitative estimate of drug-likeness (QED) is 0.458. The van der Waals surface area contributed by atoms with Crippen molar-refractivity contribution in [2.45, 2.75) is 26.9 Å². The number of hydrogen-bond donors (Lipinski definition) is 0. The Morgan fingerprint density at radius 3 is 2.52 bits per heavy atom. The van der Waals surface area contributed by atoms with E-state index in [2.05, 4.69) is 15.1 Å². The minimum absolute atomic E-state index is 0.186. The Bertz CT molecular complexity index is 1100. The maximum atomic E-state index is 5.83. The fourth-order valence-corrected chi connectivity index (χ4v) is 2.88. The van der Waals surface area contributed by atoms with Crippen LogP contribution in [0.25, 0.3) is 11.5 Å². The van der Waals surface area contributed by atoms with E-state index in [9.17, 15) is 0 Å². The van der Waals surface area contributed by atoms with Crippen LogP contribution in [0.3, 0.4) is 0 Å². The fraction of sp³-hybridized carbons (Fsp3) is 0.227. The first-order chi connectivity index (χ1) is 14.1. The number of ether oxygens (including phenoxy) is 2. The molecular weight excluding hydrogens is 370 g/mol. The molecule has 0 unspecified atom stereocenters. The Morgan fingerprint density at radius 2 is 1.76 bits per heavy atom. The first kappa shape index (κ1) is 18.7. The molecule has 0 fully saturated rings. The summed E-state index contributed by atoms with van der Waals surface area (Å²) in [6.45, 7) is 4.11. The molecule has 0 N–H and O–H groups in total. The first-order valence-corrected chi connectivity index (χ1v) is 9.22. The summed E-state index contributed by atoms with van der Waals surface area (Å²) in [4.78, 5) is 8.99. The van der Waals surface area contributed by atoms with Gasteiger partial charge >= 0.3 is 0 Å². The van der Waals surface area contributed by atoms with Crippen molar-refractivity contribution in [2.24, 2.45) is 0 Å². The lowest BCUT2D eigenvalue weighted by Crippen LogP contribution is -1.97. The summed E-state index contributed by atoms with van der Waals surface area (Å²) >= 11 is 0. The molecular formula is C22H21N3O4. The smallest absolute Gasteiger partial charge is 0.264 e. The summed E-state index contributed by atoms with van der Waals surface area (Å²) in [5, 5.41) is 4.02. The molecule has 0 aliphatic carbocycles. The summed E-state index contributed by atoms with van der Waals surface area (Å²) in [6, 6.07) is 15.3. The van der Waals surface area contributed by atoms with Gasteiger partial charge in [0.2, 0.25) is 5.89 Å². The van der Waals surface area contributed by atoms with Gasteiger partial charge < -0.3 is 18.4 Å². The van der Waals surface area contributed by atoms with Gasteiger partial charge in [0.05, 0.1) is 19.2 Å². The number of rotatable bonds is 7. The van der Waals surface area contributed by atoms with Crippen molar-refractivity contribution in [1.82, 2.24) is 15.1 Å². The van der Waals surface area contributed by atoms with Gasteiger partial charge in [-0.15, -0.1) is 0 Å². The van der Waals surface area contributed by atoms with Gasteiger partial charge in [-0.05, 0) is 50.2 Å². The molecule has 2 aromatic heterocycles. The van der Waals surface area contributed by atoms with Crippen molar-refractivity contribution >= 4 is 0 Å². The van der Waals surface area contributed by atoms with Gasteiger partial charge in [0.15, 0.2) is 12.4 Å². The molecule has 7 heteroatoms. The van der Waals surface area contributed by atoms with E-state index in [4.69, 9.17) is 18.4 Å². The number of benzene rings is 2. The van der Waals surface area contributed by atoms with Crippen LogP contribution in [-0.2, 0) is 13.0 Å². The van der Waals surface area contributed by atoms with E-state index in [0.717, 1.165) is 28.3 Å². The zero-order valence-corrected chi connectivity index (χ0v) is 16.5. The van der Waals surface area contributed by atoms with Crippen LogP contribution in [0.15, 0.2) is 57.5 Å². The Hall–Kier alpha value is -3.61. The van der Waals surface area contributed by atoms with E-state index in [1.165, 1.54) is 0 Å². The van der Waals surface area contributed by atoms with E-state index in [1.54, 1.807) is 7.11 Å². The Kier molecular flexibility index (Phi) is 5.29. The number of hydrogen-bond acceptors (Lipinski definition) is 7. The predicted molar refractivity (Wildman–Crippen MR) is 106 cm³/mol. The molecule has 0 atom stereocenters. The van der Waals surface area contributed by atoms with Gasteiger partial charge in [-0.25, -0.2) is 4.98 Å². The lowest BCUT2D eigenvalue weighted by Gasteiger charge is -2.04. The van der Waals surface area contributed by atoms with Gasteiger partial charge in [-0.1, -0.05) is 22.9 Å². The highest BCUT2D eigenvalue weighted by atomic mass is 16.5. The van der Waals surface area contributed by atoms with E-state index in [-0.39, 0.29) is 6.61 Å². The van der Waals surface area contributed by atoms with E-state index in [1.807, 2.05) is 62.4 Å². The standard InChI is InChI=1S/C22H21N3O4/c1-14-5-4-6-16(11-14)22-23-19(15(2)28-22)12-20-24-21(29-25-20)13-27-18-9-7-17(26-3)8-10-18/h4-11H,12-13H2,1-3H3. The molecule has 0 bridgehead atoms. The summed E-state index contributed by atoms with van der Waals surface area (Å²) in [7, 11) is 1.62. The Morgan fingerprint density at radius 1 is 0.966 bits per heavy atom. The number of oxazole rings is 1. The second-order valence-electron chi connectivity index (χ2n) is 6.64. The molecule has 0 aliphatic rings. The van der Waals surface area contributed by atoms with Gasteiger partial charge in [-0.3, -0.25) is 0 Å². The predicted octanol–water partition coefficient (Wildman–Crippen LogP) is 4.52. The highest BCUT2D eigenvalue weighted by Gasteiger charge is 2.15. The Labute approximate surface area is 168 Å². The number of aromatic nitrogens is 3. The third-order valence-electron chi connectivity index (χ3n) is 4.42. The average Bonchev–Trinajstić information content (AvgIpc) is 3.34. The number of methoxy groups -OCH3 is 1. The number of nitrogens with zero attached hydrogens (tertiary/aromatic N) is 3. The summed E-state index contributed by atoms with van der Waals surface area (Å²) in [6.07, 6.45) is 0.424. The normalized spacial score (nSPS) is 10.9. The van der Waals surface area contributed by atoms with E-state index >= 15 is 0 Å². The van der Waals surface area contributed by atoms with Crippen LogP contribution in [0.2, 0.25) is 0 Å². The van der Waals surface area contributed by atoms with Crippen molar-refractivity contribution in [1.29, 1.82) is 0 Å². The van der Waals surface area contributed by atoms with E-state index in [0.29, 0.717) is 29.8 Å². The van der Waals surface area contributed by atoms with Crippen LogP contribution in [0.5, 0.6) is 11.5 Å². The molecule has 148 valence electrons. The minimum Gasteiger partial charge on any atom is -0.497 e. The van der Waals surface area contributed by atoms with Crippen LogP contribution >= 0.6 is 0 Å². The van der Waals surface area contributed by atoms with Crippen molar-refractivity contribution < 1.29 is 18.4 Å². The van der Waals surface area contributed by atoms with Crippen LogP contribution in [0.1, 0.15) is 28.7 Å². The molecule has 0 amide bonds. The van der Waals surface area contributed by atoms with Crippen molar-refractivity contribution in [3.63, 3.8) is 0 Å². The molecule has 2 heterocycles. The zero-order valence-electron chi connectivity index (χ0n) is 16.5. The average molecular weight is 391 g/mol. The molecule has 4 rings (SSSR count). The van der Waals surface area contributed by atoms with Crippen molar-refractivity contribution in [2.75, 3.05) is 7.11 Å². The molecule has 0 aliphatic heterocycles. The largest absolute Gasteiger partial charge is 0.497 e. The first-order valence-electron chi connectivity index (χ1n) is 9.22. The summed E-state index contributed by atoms with van der Waals surface area (Å²) < 4.78 is 21.9. The highest BCUT2D eigenvalue weighted by molar-refractivity contribution is 5.54. The van der Waals surface area contributed by atoms with Crippen molar-refractivity contribution in [3.05, 3.63) is 77.3 Å². The van der Waals surface area contributed by atoms with E-state index < -0.39 is 0 Å². The van der Waals surface area contributed by atoms with Crippen LogP contribution in [-0.4, -0.2) is 22.2 Å². The SMILES string of the molecule is COc1ccc(OCc2nc(Cc3nc(-c4cccc(C)c4)oc3C)no2)cc1. The zero-order chi connectivity index (χ0) is 20.2. The third kappa shape index (κ3) is 4.45. The topological polar surface area (TPSA) is 83.4 Å². The second-order valence-corrected chi connectivity index (χ2v) is 6.64. The molecule has 0 radical (unpaired) electrons. The molecule has 0 spiro atoms. The molecule has 2 aromatic carbocycles. The van der Waals surface area contributed by atoms with Gasteiger partial charge in [0, 0.05) is 5.56 Å². The molecule has 4 aromatic rings. The van der Waals surface area contributed by atoms with Gasteiger partial charge in [-0.2, -0.15) is 4.98 Å². The molecule has 0 saturated carbocycles. The molecule has 7 nitrogen and oxygen atoms in total. The fourth-order valence-electron chi connectivity index (χ4n) is 2.88. The monoisotopic (exact) mass is 391 g/mol. The van der Waals surface area contributed by atoms with Crippen LogP contribution < -0.4 is 9.47 Å². The van der Waals surface area contributed by atoms with Crippen molar-refractivity contribution in [3.8, 4) is 23.0 Å². The maximum absolute atomic E-state index is 5.83. The minimum atomic E-state index is 0.186. The lowest BCUT2D eigenvalue weighted by atomic mass is 10.1. The lowest BCUT2D eigenvalue weighted by molar-refractivity contribution is 0.242. The summed E-state index contributed by atoms with van der Waals surface area (Å²) in [5.41, 5.74) is 2.88. The molecule has 0 saturated heterocycles. The van der Waals surface area contributed by atoms with Gasteiger partial charge in [0.25, 0.3) is 5.89 Å². The Balaban J connectivity index is 1.41. The van der Waals surface area contributed by atoms with Crippen LogP contribution in [0.4, 0.5) is 0 Å².